The second kappa shape index (κ2) is 21.6. The van der Waals surface area contributed by atoms with Gasteiger partial charge < -0.3 is 0 Å². The van der Waals surface area contributed by atoms with E-state index in [-0.39, 0.29) is 26.2 Å². The van der Waals surface area contributed by atoms with Crippen molar-refractivity contribution in [3.63, 3.8) is 0 Å². The Morgan fingerprint density at radius 2 is 0.609 bits per heavy atom. The molecule has 0 bridgehead atoms. The Kier molecular flexibility index (Phi) is 15.6. The minimum Gasteiger partial charge on any atom is -0.164 e. The van der Waals surface area contributed by atoms with Crippen molar-refractivity contribution in [2.24, 2.45) is 0 Å². The first-order valence-electron chi connectivity index (χ1n) is 22.2. The van der Waals surface area contributed by atoms with Crippen LogP contribution in [0.2, 0.25) is 13.1 Å². The van der Waals surface area contributed by atoms with Crippen LogP contribution in [0.1, 0.15) is 44.5 Å². The van der Waals surface area contributed by atoms with Crippen LogP contribution in [0.15, 0.2) is 206 Å². The summed E-state index contributed by atoms with van der Waals surface area (Å²) < 4.78 is 0. The quantitative estimate of drug-likeness (QED) is 0.105. The third-order valence-electron chi connectivity index (χ3n) is 11.8. The summed E-state index contributed by atoms with van der Waals surface area (Å²) in [5.41, 5.74) is 20.9. The van der Waals surface area contributed by atoms with Crippen molar-refractivity contribution < 1.29 is 26.2 Å². The summed E-state index contributed by atoms with van der Waals surface area (Å²) >= 11 is 0. The Morgan fingerprint density at radius 3 is 0.906 bits per heavy atom. The summed E-state index contributed by atoms with van der Waals surface area (Å²) in [6, 6.07) is 75.6. The Bertz CT molecular complexity index is 2650. The third-order valence-corrected chi connectivity index (χ3v) is 11.8. The van der Waals surface area contributed by atoms with Crippen molar-refractivity contribution in [3.05, 3.63) is 251 Å². The first-order chi connectivity index (χ1) is 30.8. The maximum atomic E-state index is 2.38. The van der Waals surface area contributed by atoms with E-state index in [0.717, 1.165) is 22.4 Å². The molecule has 0 spiro atoms. The van der Waals surface area contributed by atoms with Gasteiger partial charge in [-0.25, -0.2) is 0 Å². The van der Waals surface area contributed by atoms with E-state index < -0.39 is 0 Å². The van der Waals surface area contributed by atoms with Crippen molar-refractivity contribution in [1.82, 2.24) is 0 Å². The fourth-order valence-corrected chi connectivity index (χ4v) is 8.53. The topological polar surface area (TPSA) is 0 Å². The molecular weight excluding hydrogens is 864 g/mol. The summed E-state index contributed by atoms with van der Waals surface area (Å²) in [5, 5.41) is 5.34. The molecule has 10 aromatic rings. The van der Waals surface area contributed by atoms with E-state index in [0.29, 0.717) is 0 Å². The van der Waals surface area contributed by atoms with Gasteiger partial charge in [-0.2, -0.15) is 12.1 Å². The van der Waals surface area contributed by atoms with Crippen LogP contribution in [0.4, 0.5) is 0 Å². The zero-order valence-electron chi connectivity index (χ0n) is 38.0. The number of benzene rings is 8. The SMILES string of the molecule is C[Si]C.Cc1ccc(-c2ccc(-c3ccc(C)cc3)c3[cH-]c(Cc4ccccc4)cc23)cc1.Cc1ccc(-c2ccc(-c3ccc(C)cc3)c3[cH-]c(Cc4ccccc4)cc23)cc1.[Zr+2]. The van der Waals surface area contributed by atoms with E-state index in [9.17, 15) is 0 Å². The second-order valence-corrected chi connectivity index (χ2v) is 18.0. The molecule has 0 nitrogen and oxygen atoms in total. The van der Waals surface area contributed by atoms with Crippen molar-refractivity contribution in [2.45, 2.75) is 53.6 Å². The average molecular weight is 920 g/mol. The van der Waals surface area contributed by atoms with Crippen LogP contribution in [-0.2, 0) is 39.0 Å². The second-order valence-electron chi connectivity index (χ2n) is 17.0. The molecule has 0 aliphatic heterocycles. The Morgan fingerprint density at radius 1 is 0.344 bits per heavy atom. The largest absolute Gasteiger partial charge is 2.00 e. The van der Waals surface area contributed by atoms with E-state index >= 15 is 0 Å². The molecule has 2 heteroatoms. The van der Waals surface area contributed by atoms with Crippen LogP contribution >= 0.6 is 0 Å². The first-order valence-corrected chi connectivity index (χ1v) is 24.2. The van der Waals surface area contributed by atoms with E-state index in [4.69, 9.17) is 0 Å². The van der Waals surface area contributed by atoms with Gasteiger partial charge in [0.05, 0.1) is 0 Å². The van der Waals surface area contributed by atoms with Gasteiger partial charge >= 0.3 is 26.2 Å². The number of fused-ring (bicyclic) bond motifs is 2. The maximum absolute atomic E-state index is 2.38. The fraction of sp³-hybridized carbons (Fsp3) is 0.129. The van der Waals surface area contributed by atoms with Crippen molar-refractivity contribution in [3.8, 4) is 44.5 Å². The predicted molar refractivity (Wildman–Crippen MR) is 276 cm³/mol. The summed E-state index contributed by atoms with van der Waals surface area (Å²) in [5.74, 6) is 0. The third kappa shape index (κ3) is 11.1. The Hall–Kier alpha value is -5.92. The zero-order valence-corrected chi connectivity index (χ0v) is 41.5. The van der Waals surface area contributed by atoms with E-state index in [1.165, 1.54) is 111 Å². The molecule has 0 aliphatic rings. The molecule has 0 aliphatic carbocycles. The predicted octanol–water partition coefficient (Wildman–Crippen LogP) is 17.0. The van der Waals surface area contributed by atoms with Crippen LogP contribution in [0.25, 0.3) is 66.1 Å². The van der Waals surface area contributed by atoms with Gasteiger partial charge in [0.15, 0.2) is 0 Å². The standard InChI is InChI=1S/2C30H25.C2H6Si.Zr/c2*1-21-8-12-25(13-9-21)27-16-17-28(26-14-10-22(2)11-15-26)30-20-24(19-29(27)30)18-23-6-4-3-5-7-23;1-3-2;/h2*3-17,19-20H,18H2,1-2H3;1-2H3;/q2*-1;;+2. The Balaban J connectivity index is 0.000000178. The smallest absolute Gasteiger partial charge is 0.164 e. The van der Waals surface area contributed by atoms with Crippen molar-refractivity contribution in [1.29, 1.82) is 0 Å². The van der Waals surface area contributed by atoms with Crippen molar-refractivity contribution in [2.75, 3.05) is 0 Å². The number of aryl methyl sites for hydroxylation is 4. The molecule has 0 fully saturated rings. The molecule has 0 N–H and O–H groups in total. The van der Waals surface area contributed by atoms with Gasteiger partial charge in [-0.05, 0) is 62.8 Å². The van der Waals surface area contributed by atoms with E-state index in [2.05, 4.69) is 247 Å². The summed E-state index contributed by atoms with van der Waals surface area (Å²) in [7, 11) is 1.08. The molecule has 64 heavy (non-hydrogen) atoms. The van der Waals surface area contributed by atoms with Crippen LogP contribution in [0, 0.1) is 27.7 Å². The normalized spacial score (nSPS) is 10.7. The average Bonchev–Trinajstić information content (AvgIpc) is 3.93. The number of hydrogen-bond donors (Lipinski definition) is 0. The monoisotopic (exact) mass is 918 g/mol. The molecule has 0 saturated carbocycles. The fourth-order valence-electron chi connectivity index (χ4n) is 8.53. The molecule has 0 atom stereocenters. The summed E-state index contributed by atoms with van der Waals surface area (Å²) in [4.78, 5) is 0. The van der Waals surface area contributed by atoms with Crippen LogP contribution in [-0.4, -0.2) is 9.52 Å². The molecule has 0 unspecified atom stereocenters. The van der Waals surface area contributed by atoms with Crippen LogP contribution < -0.4 is 0 Å². The van der Waals surface area contributed by atoms with E-state index in [1.54, 1.807) is 0 Å². The number of hydrogen-bond acceptors (Lipinski definition) is 0. The molecule has 0 aromatic heterocycles. The Labute approximate surface area is 403 Å². The van der Waals surface area contributed by atoms with Crippen LogP contribution in [0.3, 0.4) is 0 Å². The van der Waals surface area contributed by atoms with Gasteiger partial charge in [0, 0.05) is 9.52 Å². The van der Waals surface area contributed by atoms with Gasteiger partial charge in [0.2, 0.25) is 0 Å². The van der Waals surface area contributed by atoms with Crippen LogP contribution in [0.5, 0.6) is 0 Å². The molecule has 0 saturated heterocycles. The molecule has 2 radical (unpaired) electrons. The van der Waals surface area contributed by atoms with Gasteiger partial charge in [-0.15, -0.1) is 44.8 Å². The minimum atomic E-state index is 0. The molecule has 10 aromatic carbocycles. The van der Waals surface area contributed by atoms with Gasteiger partial charge in [0.1, 0.15) is 0 Å². The molecule has 312 valence electrons. The van der Waals surface area contributed by atoms with Crippen molar-refractivity contribution >= 4 is 31.1 Å². The van der Waals surface area contributed by atoms with Gasteiger partial charge in [0.25, 0.3) is 0 Å². The van der Waals surface area contributed by atoms with E-state index in [1.807, 2.05) is 0 Å². The molecule has 10 rings (SSSR count). The molecule has 0 heterocycles. The molecule has 0 amide bonds. The van der Waals surface area contributed by atoms with Gasteiger partial charge in [-0.1, -0.05) is 251 Å². The minimum absolute atomic E-state index is 0. The summed E-state index contributed by atoms with van der Waals surface area (Å²) in [6.45, 7) is 12.9. The number of rotatable bonds is 8. The summed E-state index contributed by atoms with van der Waals surface area (Å²) in [6.07, 6.45) is 1.91. The maximum Gasteiger partial charge on any atom is 2.00 e. The van der Waals surface area contributed by atoms with Gasteiger partial charge in [-0.3, -0.25) is 0 Å². The zero-order chi connectivity index (χ0) is 43.7. The molecular formula is C62H56SiZr. The first kappa shape index (κ1) is 46.1.